The number of rotatable bonds is 1. The summed E-state index contributed by atoms with van der Waals surface area (Å²) in [5.74, 6) is 0.258. The molecule has 1 N–H and O–H groups in total. The molecule has 0 aromatic heterocycles. The van der Waals surface area contributed by atoms with Crippen LogP contribution in [0.2, 0.25) is 0 Å². The van der Waals surface area contributed by atoms with Crippen LogP contribution in [0.1, 0.15) is 11.1 Å². The van der Waals surface area contributed by atoms with E-state index in [1.54, 1.807) is 12.1 Å². The Kier molecular flexibility index (Phi) is 2.58. The molecule has 0 aliphatic rings. The average Bonchev–Trinajstić information content (AvgIpc) is 1.96. The minimum atomic E-state index is 0.258. The van der Waals surface area contributed by atoms with Gasteiger partial charge in [0.15, 0.2) is 0 Å². The number of thiocarbonyl (C=S) groups is 1. The maximum Gasteiger partial charge on any atom is 0.116 e. The summed E-state index contributed by atoms with van der Waals surface area (Å²) in [4.78, 5) is 3.90. The van der Waals surface area contributed by atoms with Crippen LogP contribution in [0, 0.1) is 13.8 Å². The molecule has 1 aromatic carbocycles. The molecule has 0 saturated heterocycles. The molecule has 0 unspecified atom stereocenters. The Morgan fingerprint density at radius 3 is 2.25 bits per heavy atom. The number of phenols is 1. The number of aromatic hydroxyl groups is 1. The molecule has 0 spiro atoms. The van der Waals surface area contributed by atoms with Gasteiger partial charge in [0, 0.05) is 0 Å². The highest BCUT2D eigenvalue weighted by atomic mass is 32.1. The average molecular weight is 179 g/mol. The van der Waals surface area contributed by atoms with Gasteiger partial charge in [0.05, 0.1) is 10.8 Å². The lowest BCUT2D eigenvalue weighted by Gasteiger charge is -2.03. The Balaban J connectivity index is 3.37. The summed E-state index contributed by atoms with van der Waals surface area (Å²) in [6.07, 6.45) is 0. The van der Waals surface area contributed by atoms with Crippen LogP contribution in [0.3, 0.4) is 0 Å². The second kappa shape index (κ2) is 3.48. The van der Waals surface area contributed by atoms with Crippen LogP contribution < -0.4 is 0 Å². The van der Waals surface area contributed by atoms with Crippen molar-refractivity contribution < 1.29 is 5.11 Å². The maximum absolute atomic E-state index is 9.20. The number of aliphatic imine (C=N–C) groups is 1. The van der Waals surface area contributed by atoms with Crippen molar-refractivity contribution in [1.82, 2.24) is 0 Å². The van der Waals surface area contributed by atoms with E-state index in [0.717, 1.165) is 16.8 Å². The molecule has 1 aromatic rings. The fourth-order valence-electron chi connectivity index (χ4n) is 1.16. The van der Waals surface area contributed by atoms with Crippen LogP contribution in [0.25, 0.3) is 0 Å². The van der Waals surface area contributed by atoms with Gasteiger partial charge in [0.25, 0.3) is 0 Å². The lowest BCUT2D eigenvalue weighted by molar-refractivity contribution is 0.474. The summed E-state index contributed by atoms with van der Waals surface area (Å²) in [6, 6.07) is 3.30. The van der Waals surface area contributed by atoms with Gasteiger partial charge < -0.3 is 5.11 Å². The molecule has 0 amide bonds. The molecular formula is C9H9NOS. The van der Waals surface area contributed by atoms with Crippen LogP contribution in [-0.2, 0) is 0 Å². The minimum absolute atomic E-state index is 0.258. The van der Waals surface area contributed by atoms with E-state index in [4.69, 9.17) is 0 Å². The first kappa shape index (κ1) is 8.91. The number of benzene rings is 1. The zero-order valence-electron chi connectivity index (χ0n) is 6.96. The number of phenolic OH excluding ortho intramolecular Hbond substituents is 1. The number of hydrogen-bond acceptors (Lipinski definition) is 3. The third kappa shape index (κ3) is 1.70. The minimum Gasteiger partial charge on any atom is -0.508 e. The van der Waals surface area contributed by atoms with Crippen LogP contribution in [0.4, 0.5) is 5.69 Å². The van der Waals surface area contributed by atoms with Crippen molar-refractivity contribution in [2.45, 2.75) is 13.8 Å². The van der Waals surface area contributed by atoms with Crippen molar-refractivity contribution >= 4 is 23.1 Å². The standard InChI is InChI=1S/C9H9NOS/c1-6-3-8(11)4-7(2)9(6)10-5-12/h3-4,11H,1-2H3. The highest BCUT2D eigenvalue weighted by molar-refractivity contribution is 7.78. The molecule has 0 atom stereocenters. The largest absolute Gasteiger partial charge is 0.508 e. The Hall–Kier alpha value is -1.18. The van der Waals surface area contributed by atoms with Crippen molar-refractivity contribution in [2.75, 3.05) is 0 Å². The molecule has 0 saturated carbocycles. The van der Waals surface area contributed by atoms with Crippen LogP contribution >= 0.6 is 12.2 Å². The van der Waals surface area contributed by atoms with Crippen molar-refractivity contribution in [1.29, 1.82) is 0 Å². The van der Waals surface area contributed by atoms with Gasteiger partial charge in [-0.1, -0.05) is 0 Å². The molecule has 0 aliphatic heterocycles. The van der Waals surface area contributed by atoms with E-state index in [1.807, 2.05) is 13.8 Å². The van der Waals surface area contributed by atoms with Crippen molar-refractivity contribution in [2.24, 2.45) is 4.99 Å². The molecular weight excluding hydrogens is 170 g/mol. The Labute approximate surface area is 76.6 Å². The zero-order valence-corrected chi connectivity index (χ0v) is 7.77. The molecule has 0 heterocycles. The first-order valence-electron chi connectivity index (χ1n) is 3.53. The van der Waals surface area contributed by atoms with Gasteiger partial charge in [-0.3, -0.25) is 0 Å². The lowest BCUT2D eigenvalue weighted by atomic mass is 10.1. The van der Waals surface area contributed by atoms with Gasteiger partial charge in [-0.05, 0) is 49.3 Å². The molecule has 3 heteroatoms. The van der Waals surface area contributed by atoms with Gasteiger partial charge in [-0.25, -0.2) is 0 Å². The van der Waals surface area contributed by atoms with E-state index in [0.29, 0.717) is 0 Å². The van der Waals surface area contributed by atoms with Crippen LogP contribution in [0.15, 0.2) is 17.1 Å². The highest BCUT2D eigenvalue weighted by Gasteiger charge is 2.01. The maximum atomic E-state index is 9.20. The van der Waals surface area contributed by atoms with E-state index in [1.165, 1.54) is 0 Å². The second-order valence-electron chi connectivity index (χ2n) is 2.63. The summed E-state index contributed by atoms with van der Waals surface area (Å²) in [7, 11) is 0. The monoisotopic (exact) mass is 179 g/mol. The molecule has 0 bridgehead atoms. The summed E-state index contributed by atoms with van der Waals surface area (Å²) in [5, 5.41) is 11.5. The van der Waals surface area contributed by atoms with Gasteiger partial charge in [0.2, 0.25) is 0 Å². The van der Waals surface area contributed by atoms with E-state index >= 15 is 0 Å². The SMILES string of the molecule is Cc1cc(O)cc(C)c1N=C=S. The van der Waals surface area contributed by atoms with Gasteiger partial charge in [-0.2, -0.15) is 4.99 Å². The number of nitrogens with zero attached hydrogens (tertiary/aromatic N) is 1. The Morgan fingerprint density at radius 2 is 1.83 bits per heavy atom. The van der Waals surface area contributed by atoms with Gasteiger partial charge in [0.1, 0.15) is 5.75 Å². The quantitative estimate of drug-likeness (QED) is 0.531. The molecule has 2 nitrogen and oxygen atoms in total. The van der Waals surface area contributed by atoms with E-state index in [-0.39, 0.29) is 5.75 Å². The first-order valence-corrected chi connectivity index (χ1v) is 3.94. The summed E-state index contributed by atoms with van der Waals surface area (Å²) in [6.45, 7) is 3.75. The van der Waals surface area contributed by atoms with Crippen molar-refractivity contribution in [3.8, 4) is 5.75 Å². The third-order valence-corrected chi connectivity index (χ3v) is 1.72. The zero-order chi connectivity index (χ0) is 9.14. The fraction of sp³-hybridized carbons (Fsp3) is 0.222. The number of isothiocyanates is 1. The second-order valence-corrected chi connectivity index (χ2v) is 2.81. The van der Waals surface area contributed by atoms with Crippen LogP contribution in [-0.4, -0.2) is 10.3 Å². The summed E-state index contributed by atoms with van der Waals surface area (Å²) in [5.41, 5.74) is 2.61. The Bertz CT molecular complexity index is 331. The van der Waals surface area contributed by atoms with E-state index in [2.05, 4.69) is 22.4 Å². The highest BCUT2D eigenvalue weighted by Crippen LogP contribution is 2.27. The van der Waals surface area contributed by atoms with Gasteiger partial charge in [-0.15, -0.1) is 0 Å². The van der Waals surface area contributed by atoms with E-state index in [9.17, 15) is 5.11 Å². The molecule has 12 heavy (non-hydrogen) atoms. The number of aryl methyl sites for hydroxylation is 2. The molecule has 1 rings (SSSR count). The van der Waals surface area contributed by atoms with Crippen molar-refractivity contribution in [3.63, 3.8) is 0 Å². The smallest absolute Gasteiger partial charge is 0.116 e. The predicted molar refractivity (Wildman–Crippen MR) is 52.3 cm³/mol. The first-order chi connectivity index (χ1) is 5.65. The summed E-state index contributed by atoms with van der Waals surface area (Å²) < 4.78 is 0. The van der Waals surface area contributed by atoms with Gasteiger partial charge >= 0.3 is 0 Å². The normalized spacial score (nSPS) is 9.17. The fourth-order valence-corrected chi connectivity index (χ4v) is 1.25. The Morgan fingerprint density at radius 1 is 1.33 bits per heavy atom. The third-order valence-electron chi connectivity index (χ3n) is 1.63. The summed E-state index contributed by atoms with van der Waals surface area (Å²) >= 11 is 4.51. The van der Waals surface area contributed by atoms with E-state index < -0.39 is 0 Å². The molecule has 0 aliphatic carbocycles. The topological polar surface area (TPSA) is 32.6 Å². The van der Waals surface area contributed by atoms with Crippen molar-refractivity contribution in [3.05, 3.63) is 23.3 Å². The molecule has 0 radical (unpaired) electrons. The number of hydrogen-bond donors (Lipinski definition) is 1. The molecule has 62 valence electrons. The molecule has 0 fully saturated rings. The lowest BCUT2D eigenvalue weighted by Crippen LogP contribution is -1.79. The van der Waals surface area contributed by atoms with Crippen LogP contribution in [0.5, 0.6) is 5.75 Å². The predicted octanol–water partition coefficient (Wildman–Crippen LogP) is 2.74.